The molecule has 0 aliphatic carbocycles. The van der Waals surface area contributed by atoms with Gasteiger partial charge in [-0.15, -0.1) is 0 Å². The van der Waals surface area contributed by atoms with Crippen molar-refractivity contribution in [2.75, 3.05) is 6.54 Å². The summed E-state index contributed by atoms with van der Waals surface area (Å²) in [6.45, 7) is 9.92. The summed E-state index contributed by atoms with van der Waals surface area (Å²) in [6, 6.07) is 0. The molecule has 0 radical (unpaired) electrons. The maximum Gasteiger partial charge on any atom is 0.249 e. The molecule has 4 heteroatoms. The molecule has 1 aliphatic heterocycles. The van der Waals surface area contributed by atoms with Crippen LogP contribution in [0, 0.1) is 0 Å². The Morgan fingerprint density at radius 1 is 1.25 bits per heavy atom. The minimum atomic E-state index is -0.692. The summed E-state index contributed by atoms with van der Waals surface area (Å²) in [5.41, 5.74) is -0.993. The summed E-state index contributed by atoms with van der Waals surface area (Å²) in [7, 11) is 0. The van der Waals surface area contributed by atoms with Gasteiger partial charge in [-0.3, -0.25) is 9.59 Å². The third-order valence-corrected chi connectivity index (χ3v) is 3.35. The van der Waals surface area contributed by atoms with Crippen LogP contribution in [0.3, 0.4) is 0 Å². The molecule has 0 unspecified atom stereocenters. The van der Waals surface area contributed by atoms with Gasteiger partial charge in [0.1, 0.15) is 12.1 Å². The second-order valence-corrected chi connectivity index (χ2v) is 5.40. The van der Waals surface area contributed by atoms with E-state index in [2.05, 4.69) is 5.32 Å². The first-order chi connectivity index (χ1) is 7.27. The zero-order valence-electron chi connectivity index (χ0n) is 10.9. The number of hydrogen-bond acceptors (Lipinski definition) is 2. The van der Waals surface area contributed by atoms with Gasteiger partial charge in [0, 0.05) is 5.54 Å². The number of amides is 2. The smallest absolute Gasteiger partial charge is 0.249 e. The predicted molar refractivity (Wildman–Crippen MR) is 62.9 cm³/mol. The number of carbonyl (C=O) groups is 2. The molecule has 0 aromatic rings. The average molecular weight is 226 g/mol. The highest BCUT2D eigenvalue weighted by atomic mass is 16.2. The van der Waals surface area contributed by atoms with Gasteiger partial charge in [-0.2, -0.15) is 0 Å². The Bertz CT molecular complexity index is 301. The van der Waals surface area contributed by atoms with Crippen molar-refractivity contribution in [1.82, 2.24) is 10.2 Å². The van der Waals surface area contributed by atoms with E-state index in [1.807, 2.05) is 34.6 Å². The van der Waals surface area contributed by atoms with Gasteiger partial charge < -0.3 is 10.2 Å². The third kappa shape index (κ3) is 2.06. The highest BCUT2D eigenvalue weighted by Gasteiger charge is 2.46. The first-order valence-electron chi connectivity index (χ1n) is 5.90. The molecule has 0 atom stereocenters. The lowest BCUT2D eigenvalue weighted by molar-refractivity contribution is -0.155. The lowest BCUT2D eigenvalue weighted by atomic mass is 9.87. The van der Waals surface area contributed by atoms with Gasteiger partial charge in [0.2, 0.25) is 11.8 Å². The van der Waals surface area contributed by atoms with Crippen LogP contribution in [-0.2, 0) is 9.59 Å². The van der Waals surface area contributed by atoms with Crippen molar-refractivity contribution >= 4 is 11.8 Å². The van der Waals surface area contributed by atoms with Gasteiger partial charge in [0.15, 0.2) is 0 Å². The fourth-order valence-corrected chi connectivity index (χ4v) is 2.10. The van der Waals surface area contributed by atoms with Crippen molar-refractivity contribution in [3.8, 4) is 0 Å². The molecule has 0 spiro atoms. The van der Waals surface area contributed by atoms with Crippen LogP contribution in [0.4, 0.5) is 0 Å². The van der Waals surface area contributed by atoms with Crippen LogP contribution in [-0.4, -0.2) is 34.3 Å². The van der Waals surface area contributed by atoms with Crippen LogP contribution in [0.1, 0.15) is 47.5 Å². The van der Waals surface area contributed by atoms with Crippen LogP contribution >= 0.6 is 0 Å². The molecule has 2 amide bonds. The van der Waals surface area contributed by atoms with Crippen molar-refractivity contribution in [2.24, 2.45) is 0 Å². The highest BCUT2D eigenvalue weighted by Crippen LogP contribution is 2.26. The molecule has 1 N–H and O–H groups in total. The van der Waals surface area contributed by atoms with Crippen LogP contribution in [0.25, 0.3) is 0 Å². The monoisotopic (exact) mass is 226 g/mol. The second-order valence-electron chi connectivity index (χ2n) is 5.40. The van der Waals surface area contributed by atoms with Crippen LogP contribution < -0.4 is 5.32 Å². The lowest BCUT2D eigenvalue weighted by Crippen LogP contribution is -2.69. The minimum Gasteiger partial charge on any atom is -0.340 e. The van der Waals surface area contributed by atoms with Crippen molar-refractivity contribution in [1.29, 1.82) is 0 Å². The summed E-state index contributed by atoms with van der Waals surface area (Å²) in [6.07, 6.45) is 1.28. The average Bonchev–Trinajstić information content (AvgIpc) is 2.19. The molecule has 0 aromatic heterocycles. The highest BCUT2D eigenvalue weighted by molar-refractivity contribution is 5.98. The van der Waals surface area contributed by atoms with Crippen molar-refractivity contribution in [3.05, 3.63) is 0 Å². The van der Waals surface area contributed by atoms with Crippen molar-refractivity contribution in [2.45, 2.75) is 58.5 Å². The molecular formula is C12H22N2O2. The molecule has 1 saturated heterocycles. The zero-order valence-corrected chi connectivity index (χ0v) is 10.9. The lowest BCUT2D eigenvalue weighted by Gasteiger charge is -2.46. The predicted octanol–water partition coefficient (Wildman–Crippen LogP) is 1.30. The van der Waals surface area contributed by atoms with E-state index in [9.17, 15) is 9.59 Å². The van der Waals surface area contributed by atoms with Gasteiger partial charge in [-0.05, 0) is 33.6 Å². The largest absolute Gasteiger partial charge is 0.340 e. The van der Waals surface area contributed by atoms with Gasteiger partial charge in [0.05, 0.1) is 0 Å². The van der Waals surface area contributed by atoms with Crippen LogP contribution in [0.2, 0.25) is 0 Å². The molecule has 92 valence electrons. The number of nitrogens with zero attached hydrogens (tertiary/aromatic N) is 1. The van der Waals surface area contributed by atoms with E-state index in [4.69, 9.17) is 0 Å². The number of carbonyl (C=O) groups excluding carboxylic acids is 2. The summed E-state index contributed by atoms with van der Waals surface area (Å²) >= 11 is 0. The van der Waals surface area contributed by atoms with E-state index in [0.29, 0.717) is 12.8 Å². The molecule has 1 aliphatic rings. The summed E-state index contributed by atoms with van der Waals surface area (Å²) in [5.74, 6) is -0.0113. The van der Waals surface area contributed by atoms with Crippen molar-refractivity contribution < 1.29 is 9.59 Å². The molecule has 0 saturated carbocycles. The van der Waals surface area contributed by atoms with Crippen LogP contribution in [0.15, 0.2) is 0 Å². The Morgan fingerprint density at radius 3 is 2.12 bits per heavy atom. The van der Waals surface area contributed by atoms with E-state index in [0.717, 1.165) is 0 Å². The summed E-state index contributed by atoms with van der Waals surface area (Å²) in [4.78, 5) is 25.8. The van der Waals surface area contributed by atoms with E-state index in [1.54, 1.807) is 4.90 Å². The maximum atomic E-state index is 12.4. The SMILES string of the molecule is CCC1(CC)NC(=O)CN(C(C)(C)C)C1=O. The quantitative estimate of drug-likeness (QED) is 0.771. The Balaban J connectivity index is 3.08. The van der Waals surface area contributed by atoms with Crippen LogP contribution in [0.5, 0.6) is 0 Å². The summed E-state index contributed by atoms with van der Waals surface area (Å²) < 4.78 is 0. The number of rotatable bonds is 2. The minimum absolute atomic E-state index is 0.0459. The zero-order chi connectivity index (χ0) is 12.6. The molecule has 4 nitrogen and oxygen atoms in total. The van der Waals surface area contributed by atoms with Gasteiger partial charge in [-0.25, -0.2) is 0 Å². The molecule has 1 heterocycles. The third-order valence-electron chi connectivity index (χ3n) is 3.35. The number of nitrogens with one attached hydrogen (secondary N) is 1. The summed E-state index contributed by atoms with van der Waals surface area (Å²) in [5, 5.41) is 2.85. The molecule has 1 fully saturated rings. The fraction of sp³-hybridized carbons (Fsp3) is 0.833. The first kappa shape index (κ1) is 13.0. The molecule has 0 aromatic carbocycles. The topological polar surface area (TPSA) is 49.4 Å². The van der Waals surface area contributed by atoms with E-state index >= 15 is 0 Å². The second kappa shape index (κ2) is 4.07. The number of hydrogen-bond donors (Lipinski definition) is 1. The standard InChI is InChI=1S/C12H22N2O2/c1-6-12(7-2)10(16)14(11(3,4)5)8-9(15)13-12/h6-8H2,1-5H3,(H,13,15). The van der Waals surface area contributed by atoms with Gasteiger partial charge in [-0.1, -0.05) is 13.8 Å². The Morgan fingerprint density at radius 2 is 1.75 bits per heavy atom. The normalized spacial score (nSPS) is 20.9. The van der Waals surface area contributed by atoms with Gasteiger partial charge in [0.25, 0.3) is 0 Å². The van der Waals surface area contributed by atoms with E-state index < -0.39 is 5.54 Å². The van der Waals surface area contributed by atoms with Crippen molar-refractivity contribution in [3.63, 3.8) is 0 Å². The Labute approximate surface area is 97.4 Å². The van der Waals surface area contributed by atoms with E-state index in [-0.39, 0.29) is 23.9 Å². The molecule has 1 rings (SSSR count). The molecule has 0 bridgehead atoms. The van der Waals surface area contributed by atoms with E-state index in [1.165, 1.54) is 0 Å². The Kier molecular flexibility index (Phi) is 3.31. The Hall–Kier alpha value is -1.06. The molecular weight excluding hydrogens is 204 g/mol. The number of piperazine rings is 1. The fourth-order valence-electron chi connectivity index (χ4n) is 2.10. The first-order valence-corrected chi connectivity index (χ1v) is 5.90. The maximum absolute atomic E-state index is 12.4. The van der Waals surface area contributed by atoms with Gasteiger partial charge >= 0.3 is 0 Å². The molecule has 16 heavy (non-hydrogen) atoms.